The van der Waals surface area contributed by atoms with Crippen molar-refractivity contribution in [2.45, 2.75) is 31.2 Å². The fraction of sp³-hybridized carbons (Fsp3) is 0.227. The Labute approximate surface area is 147 Å². The number of carbonyl (C=O) groups is 1. The van der Waals surface area contributed by atoms with Crippen LogP contribution in [0.5, 0.6) is 0 Å². The first kappa shape index (κ1) is 15.9. The van der Waals surface area contributed by atoms with Crippen LogP contribution in [0, 0.1) is 0 Å². The number of hydrogen-bond acceptors (Lipinski definition) is 2. The lowest BCUT2D eigenvalue weighted by Gasteiger charge is -2.10. The second-order valence-corrected chi connectivity index (χ2v) is 6.95. The van der Waals surface area contributed by atoms with Crippen molar-refractivity contribution in [1.29, 1.82) is 0 Å². The molecular formula is C22H22N2O. The largest absolute Gasteiger partial charge is 0.325 e. The van der Waals surface area contributed by atoms with E-state index in [1.54, 1.807) is 0 Å². The second kappa shape index (κ2) is 6.01. The second-order valence-electron chi connectivity index (χ2n) is 6.95. The van der Waals surface area contributed by atoms with Crippen molar-refractivity contribution >= 4 is 22.4 Å². The number of amides is 1. The van der Waals surface area contributed by atoms with E-state index < -0.39 is 0 Å². The van der Waals surface area contributed by atoms with Crippen LogP contribution in [0.15, 0.2) is 66.7 Å². The van der Waals surface area contributed by atoms with E-state index in [1.165, 1.54) is 5.56 Å². The molecule has 0 bridgehead atoms. The maximum absolute atomic E-state index is 12.7. The lowest BCUT2D eigenvalue weighted by molar-refractivity contribution is 0.102. The molecule has 3 aromatic rings. The molecule has 0 saturated heterocycles. The number of fused-ring (bicyclic) bond motifs is 1. The Morgan fingerprint density at radius 2 is 1.80 bits per heavy atom. The highest BCUT2D eigenvalue weighted by molar-refractivity contribution is 6.12. The van der Waals surface area contributed by atoms with E-state index in [1.807, 2.05) is 54.6 Å². The third-order valence-electron chi connectivity index (χ3n) is 5.38. The Morgan fingerprint density at radius 1 is 1.08 bits per heavy atom. The Hall–Kier alpha value is -2.65. The third kappa shape index (κ3) is 2.92. The fourth-order valence-corrected chi connectivity index (χ4v) is 3.58. The number of benzene rings is 3. The molecule has 1 amide bonds. The summed E-state index contributed by atoms with van der Waals surface area (Å²) >= 11 is 0. The highest BCUT2D eigenvalue weighted by Gasteiger charge is 2.49. The molecule has 0 aliphatic heterocycles. The van der Waals surface area contributed by atoms with E-state index in [0.29, 0.717) is 11.5 Å². The number of anilines is 1. The fourth-order valence-electron chi connectivity index (χ4n) is 3.58. The van der Waals surface area contributed by atoms with Gasteiger partial charge in [-0.2, -0.15) is 0 Å². The molecule has 3 heteroatoms. The van der Waals surface area contributed by atoms with Crippen LogP contribution in [0.2, 0.25) is 0 Å². The van der Waals surface area contributed by atoms with Crippen molar-refractivity contribution in [2.75, 3.05) is 5.32 Å². The van der Waals surface area contributed by atoms with Gasteiger partial charge in [-0.3, -0.25) is 4.79 Å². The van der Waals surface area contributed by atoms with Gasteiger partial charge in [-0.25, -0.2) is 0 Å². The molecule has 0 spiro atoms. The first-order chi connectivity index (χ1) is 12.1. The van der Waals surface area contributed by atoms with E-state index in [0.717, 1.165) is 29.3 Å². The van der Waals surface area contributed by atoms with Crippen molar-refractivity contribution in [3.63, 3.8) is 0 Å². The molecule has 1 fully saturated rings. The summed E-state index contributed by atoms with van der Waals surface area (Å²) in [4.78, 5) is 12.7. The Bertz CT molecular complexity index is 927. The molecule has 0 unspecified atom stereocenters. The third-order valence-corrected chi connectivity index (χ3v) is 5.38. The summed E-state index contributed by atoms with van der Waals surface area (Å²) in [5, 5.41) is 5.03. The topological polar surface area (TPSA) is 55.1 Å². The summed E-state index contributed by atoms with van der Waals surface area (Å²) in [7, 11) is 0. The van der Waals surface area contributed by atoms with Gasteiger partial charge in [0.1, 0.15) is 0 Å². The summed E-state index contributed by atoms with van der Waals surface area (Å²) in [5.41, 5.74) is 9.02. The van der Waals surface area contributed by atoms with Crippen molar-refractivity contribution < 1.29 is 4.79 Å². The Morgan fingerprint density at radius 3 is 2.52 bits per heavy atom. The summed E-state index contributed by atoms with van der Waals surface area (Å²) < 4.78 is 0. The summed E-state index contributed by atoms with van der Waals surface area (Å²) in [5.74, 6) is 0.359. The van der Waals surface area contributed by atoms with Crippen molar-refractivity contribution in [3.8, 4) is 0 Å². The van der Waals surface area contributed by atoms with Gasteiger partial charge in [-0.15, -0.1) is 0 Å². The van der Waals surface area contributed by atoms with Crippen molar-refractivity contribution in [2.24, 2.45) is 5.73 Å². The molecule has 3 nitrogen and oxygen atoms in total. The number of rotatable bonds is 4. The molecule has 0 heterocycles. The number of nitrogens with two attached hydrogens (primary N) is 1. The summed E-state index contributed by atoms with van der Waals surface area (Å²) in [6.07, 6.45) is 2.04. The van der Waals surface area contributed by atoms with Gasteiger partial charge in [0.2, 0.25) is 0 Å². The highest BCUT2D eigenvalue weighted by atomic mass is 16.1. The van der Waals surface area contributed by atoms with E-state index in [9.17, 15) is 4.79 Å². The number of nitrogens with one attached hydrogen (secondary N) is 1. The van der Waals surface area contributed by atoms with Gasteiger partial charge in [-0.1, -0.05) is 55.5 Å². The van der Waals surface area contributed by atoms with Crippen LogP contribution in [0.4, 0.5) is 5.69 Å². The quantitative estimate of drug-likeness (QED) is 0.729. The predicted molar refractivity (Wildman–Crippen MR) is 103 cm³/mol. The van der Waals surface area contributed by atoms with Gasteiger partial charge in [0.05, 0.1) is 0 Å². The van der Waals surface area contributed by atoms with Crippen LogP contribution < -0.4 is 11.1 Å². The normalized spacial score (nSPS) is 21.9. The molecule has 1 saturated carbocycles. The number of carbonyl (C=O) groups excluding carboxylic acids is 1. The lowest BCUT2D eigenvalue weighted by Crippen LogP contribution is -2.22. The maximum Gasteiger partial charge on any atom is 0.256 e. The number of hydrogen-bond donors (Lipinski definition) is 2. The maximum atomic E-state index is 12.7. The lowest BCUT2D eigenvalue weighted by atomic mass is 10.0. The zero-order valence-corrected chi connectivity index (χ0v) is 14.3. The van der Waals surface area contributed by atoms with Crippen molar-refractivity contribution in [1.82, 2.24) is 0 Å². The van der Waals surface area contributed by atoms with Gasteiger partial charge in [0.25, 0.3) is 5.91 Å². The summed E-state index contributed by atoms with van der Waals surface area (Å²) in [6.45, 7) is 2.14. The van der Waals surface area contributed by atoms with Crippen LogP contribution in [-0.2, 0) is 0 Å². The van der Waals surface area contributed by atoms with Crippen LogP contribution in [0.3, 0.4) is 0 Å². The van der Waals surface area contributed by atoms with Crippen LogP contribution >= 0.6 is 0 Å². The van der Waals surface area contributed by atoms with E-state index >= 15 is 0 Å². The molecule has 0 radical (unpaired) electrons. The minimum absolute atomic E-state index is 0.0340. The minimum atomic E-state index is -0.0855. The SMILES string of the molecule is CC[C@]1(N)C[C@H]1c1ccc(NC(=O)c2cccc3ccccc23)cc1. The highest BCUT2D eigenvalue weighted by Crippen LogP contribution is 2.51. The first-order valence-electron chi connectivity index (χ1n) is 8.79. The van der Waals surface area contributed by atoms with Gasteiger partial charge < -0.3 is 11.1 Å². The van der Waals surface area contributed by atoms with E-state index in [4.69, 9.17) is 5.73 Å². The molecule has 2 atom stereocenters. The minimum Gasteiger partial charge on any atom is -0.325 e. The van der Waals surface area contributed by atoms with Crippen LogP contribution in [0.1, 0.15) is 41.6 Å². The monoisotopic (exact) mass is 330 g/mol. The zero-order chi connectivity index (χ0) is 17.4. The predicted octanol–water partition coefficient (Wildman–Crippen LogP) is 4.69. The molecule has 0 aromatic heterocycles. The van der Waals surface area contributed by atoms with Gasteiger partial charge in [0, 0.05) is 22.7 Å². The summed E-state index contributed by atoms with van der Waals surface area (Å²) in [6, 6.07) is 21.8. The van der Waals surface area contributed by atoms with Crippen LogP contribution in [0.25, 0.3) is 10.8 Å². The molecule has 3 aromatic carbocycles. The zero-order valence-electron chi connectivity index (χ0n) is 14.3. The van der Waals surface area contributed by atoms with Gasteiger partial charge in [0.15, 0.2) is 0 Å². The average molecular weight is 330 g/mol. The van der Waals surface area contributed by atoms with E-state index in [2.05, 4.69) is 24.4 Å². The molecule has 25 heavy (non-hydrogen) atoms. The van der Waals surface area contributed by atoms with Gasteiger partial charge >= 0.3 is 0 Å². The molecule has 1 aliphatic carbocycles. The van der Waals surface area contributed by atoms with E-state index in [-0.39, 0.29) is 11.4 Å². The standard InChI is InChI=1S/C22H22N2O/c1-2-22(23)14-20(22)16-10-12-17(13-11-16)24-21(25)19-9-5-7-15-6-3-4-8-18(15)19/h3-13,20H,2,14,23H2,1H3,(H,24,25)/t20-,22-/m0/s1. The molecule has 3 N–H and O–H groups in total. The molecule has 4 rings (SSSR count). The van der Waals surface area contributed by atoms with Crippen LogP contribution in [-0.4, -0.2) is 11.4 Å². The smallest absolute Gasteiger partial charge is 0.256 e. The molecular weight excluding hydrogens is 308 g/mol. The Balaban J connectivity index is 1.53. The Kier molecular flexibility index (Phi) is 3.81. The van der Waals surface area contributed by atoms with Crippen molar-refractivity contribution in [3.05, 3.63) is 77.9 Å². The molecule has 126 valence electrons. The van der Waals surface area contributed by atoms with Gasteiger partial charge in [-0.05, 0) is 47.4 Å². The molecule has 1 aliphatic rings. The average Bonchev–Trinajstić information content (AvgIpc) is 3.34. The first-order valence-corrected chi connectivity index (χ1v) is 8.79.